The highest BCUT2D eigenvalue weighted by Crippen LogP contribution is 2.04. The molecule has 0 radical (unpaired) electrons. The zero-order valence-corrected chi connectivity index (χ0v) is 13.5. The monoisotopic (exact) mass is 318 g/mol. The van der Waals surface area contributed by atoms with E-state index in [-0.39, 0.29) is 13.2 Å². The summed E-state index contributed by atoms with van der Waals surface area (Å²) in [7, 11) is 0. The van der Waals surface area contributed by atoms with Crippen molar-refractivity contribution in [3.63, 3.8) is 0 Å². The molecular weight excluding hydrogens is 292 g/mol. The molecule has 0 aromatic rings. The minimum absolute atomic E-state index is 0.247. The molecular formula is C15H26O7. The highest BCUT2D eigenvalue weighted by Gasteiger charge is 2.26. The Bertz CT molecular complexity index is 354. The molecule has 0 amide bonds. The van der Waals surface area contributed by atoms with E-state index in [4.69, 9.17) is 14.2 Å². The zero-order chi connectivity index (χ0) is 17.0. The van der Waals surface area contributed by atoms with Gasteiger partial charge in [-0.2, -0.15) is 0 Å². The minimum atomic E-state index is -1.65. The van der Waals surface area contributed by atoms with E-state index in [1.807, 2.05) is 13.8 Å². The van der Waals surface area contributed by atoms with Crippen molar-refractivity contribution in [1.29, 1.82) is 0 Å². The van der Waals surface area contributed by atoms with Crippen LogP contribution in [-0.2, 0) is 28.6 Å². The zero-order valence-electron chi connectivity index (χ0n) is 13.5. The first-order chi connectivity index (χ1) is 10.4. The van der Waals surface area contributed by atoms with Gasteiger partial charge in [-0.15, -0.1) is 0 Å². The normalized spacial score (nSPS) is 13.1. The number of carbonyl (C=O) groups is 3. The molecule has 0 saturated heterocycles. The Morgan fingerprint density at radius 3 is 2.05 bits per heavy atom. The highest BCUT2D eigenvalue weighted by molar-refractivity contribution is 5.84. The third-order valence-electron chi connectivity index (χ3n) is 2.76. The molecule has 0 aliphatic heterocycles. The van der Waals surface area contributed by atoms with Crippen LogP contribution in [0.5, 0.6) is 0 Å². The number of esters is 3. The average molecular weight is 318 g/mol. The van der Waals surface area contributed by atoms with Crippen molar-refractivity contribution in [2.24, 2.45) is 0 Å². The van der Waals surface area contributed by atoms with Gasteiger partial charge in [-0.3, -0.25) is 4.79 Å². The fourth-order valence-corrected chi connectivity index (χ4v) is 1.37. The van der Waals surface area contributed by atoms with Crippen LogP contribution >= 0.6 is 0 Å². The summed E-state index contributed by atoms with van der Waals surface area (Å²) >= 11 is 0. The predicted molar refractivity (Wildman–Crippen MR) is 77.9 cm³/mol. The summed E-state index contributed by atoms with van der Waals surface area (Å²) in [6.07, 6.45) is -0.100. The molecule has 0 spiro atoms. The van der Waals surface area contributed by atoms with Crippen molar-refractivity contribution < 1.29 is 33.7 Å². The lowest BCUT2D eigenvalue weighted by molar-refractivity contribution is -0.173. The summed E-state index contributed by atoms with van der Waals surface area (Å²) in [5, 5.41) is 9.56. The van der Waals surface area contributed by atoms with E-state index in [0.29, 0.717) is 6.42 Å². The maximum absolute atomic E-state index is 11.6. The Labute approximate surface area is 130 Å². The Balaban J connectivity index is 4.07. The molecule has 0 saturated carbocycles. The van der Waals surface area contributed by atoms with Crippen LogP contribution in [0.3, 0.4) is 0 Å². The number of rotatable bonds is 11. The Kier molecular flexibility index (Phi) is 11.1. The number of unbranched alkanes of at least 4 members (excludes halogenated alkanes) is 2. The fourth-order valence-electron chi connectivity index (χ4n) is 1.37. The van der Waals surface area contributed by atoms with Crippen molar-refractivity contribution in [3.05, 3.63) is 0 Å². The molecule has 2 atom stereocenters. The van der Waals surface area contributed by atoms with Gasteiger partial charge in [0.2, 0.25) is 0 Å². The molecule has 0 aromatic carbocycles. The molecule has 0 heterocycles. The summed E-state index contributed by atoms with van der Waals surface area (Å²) < 4.78 is 14.5. The highest BCUT2D eigenvalue weighted by atomic mass is 16.6. The summed E-state index contributed by atoms with van der Waals surface area (Å²) in [6.45, 7) is 5.74. The Morgan fingerprint density at radius 2 is 1.50 bits per heavy atom. The number of aliphatic hydroxyl groups excluding tert-OH is 1. The average Bonchev–Trinajstić information content (AvgIpc) is 2.47. The van der Waals surface area contributed by atoms with Crippen LogP contribution in [-0.4, -0.2) is 48.4 Å². The van der Waals surface area contributed by atoms with Gasteiger partial charge in [0, 0.05) is 0 Å². The first kappa shape index (κ1) is 20.4. The number of hydrogen-bond acceptors (Lipinski definition) is 7. The van der Waals surface area contributed by atoms with Gasteiger partial charge in [-0.25, -0.2) is 9.59 Å². The third kappa shape index (κ3) is 9.33. The number of aliphatic hydroxyl groups is 1. The van der Waals surface area contributed by atoms with Gasteiger partial charge >= 0.3 is 17.9 Å². The van der Waals surface area contributed by atoms with E-state index in [0.717, 1.165) is 19.3 Å². The Hall–Kier alpha value is -1.63. The van der Waals surface area contributed by atoms with Crippen molar-refractivity contribution in [2.75, 3.05) is 13.2 Å². The maximum atomic E-state index is 11.6. The van der Waals surface area contributed by atoms with E-state index in [1.165, 1.54) is 6.92 Å². The van der Waals surface area contributed by atoms with Crippen molar-refractivity contribution in [1.82, 2.24) is 0 Å². The van der Waals surface area contributed by atoms with Crippen LogP contribution in [0.15, 0.2) is 0 Å². The molecule has 7 nitrogen and oxygen atoms in total. The van der Waals surface area contributed by atoms with E-state index in [2.05, 4.69) is 0 Å². The largest absolute Gasteiger partial charge is 0.466 e. The molecule has 7 heteroatoms. The van der Waals surface area contributed by atoms with Crippen LogP contribution in [0.2, 0.25) is 0 Å². The quantitative estimate of drug-likeness (QED) is 0.349. The van der Waals surface area contributed by atoms with Crippen LogP contribution in [0.1, 0.15) is 52.9 Å². The van der Waals surface area contributed by atoms with Gasteiger partial charge in [-0.05, 0) is 19.8 Å². The SMILES string of the molecule is CCCCOC(=O)C[C@H](O)C(=O)O[C@@H](C)C(=O)OCCCC. The van der Waals surface area contributed by atoms with Crippen LogP contribution in [0.25, 0.3) is 0 Å². The second-order valence-corrected chi connectivity index (χ2v) is 4.89. The molecule has 0 aliphatic rings. The fraction of sp³-hybridized carbons (Fsp3) is 0.800. The van der Waals surface area contributed by atoms with E-state index >= 15 is 0 Å². The lowest BCUT2D eigenvalue weighted by Crippen LogP contribution is -2.33. The summed E-state index contributed by atoms with van der Waals surface area (Å²) in [6, 6.07) is 0. The summed E-state index contributed by atoms with van der Waals surface area (Å²) in [4.78, 5) is 34.4. The van der Waals surface area contributed by atoms with Crippen molar-refractivity contribution in [3.8, 4) is 0 Å². The number of carbonyl (C=O) groups excluding carboxylic acids is 3. The summed E-state index contributed by atoms with van der Waals surface area (Å²) in [5.41, 5.74) is 0. The third-order valence-corrected chi connectivity index (χ3v) is 2.76. The van der Waals surface area contributed by atoms with Gasteiger partial charge in [0.1, 0.15) is 0 Å². The second kappa shape index (κ2) is 12.0. The van der Waals surface area contributed by atoms with Crippen LogP contribution < -0.4 is 0 Å². The van der Waals surface area contributed by atoms with Gasteiger partial charge in [-0.1, -0.05) is 26.7 Å². The van der Waals surface area contributed by atoms with E-state index < -0.39 is 36.5 Å². The molecule has 0 bridgehead atoms. The molecule has 0 fully saturated rings. The number of hydrogen-bond donors (Lipinski definition) is 1. The standard InChI is InChI=1S/C15H26O7/c1-4-6-8-20-13(17)10-12(16)15(19)22-11(3)14(18)21-9-7-5-2/h11-12,16H,4-10H2,1-3H3/t11-,12-/m0/s1. The number of ether oxygens (including phenoxy) is 3. The summed E-state index contributed by atoms with van der Waals surface area (Å²) in [5.74, 6) is -2.41. The molecule has 0 aliphatic carbocycles. The maximum Gasteiger partial charge on any atom is 0.347 e. The van der Waals surface area contributed by atoms with E-state index in [1.54, 1.807) is 0 Å². The van der Waals surface area contributed by atoms with Crippen molar-refractivity contribution >= 4 is 17.9 Å². The molecule has 0 unspecified atom stereocenters. The smallest absolute Gasteiger partial charge is 0.347 e. The van der Waals surface area contributed by atoms with Crippen molar-refractivity contribution in [2.45, 2.75) is 65.1 Å². The van der Waals surface area contributed by atoms with Gasteiger partial charge in [0.05, 0.1) is 19.6 Å². The lowest BCUT2D eigenvalue weighted by atomic mass is 10.2. The van der Waals surface area contributed by atoms with E-state index in [9.17, 15) is 19.5 Å². The van der Waals surface area contributed by atoms with Gasteiger partial charge in [0.15, 0.2) is 12.2 Å². The molecule has 0 aromatic heterocycles. The lowest BCUT2D eigenvalue weighted by Gasteiger charge is -2.15. The van der Waals surface area contributed by atoms with Gasteiger partial charge < -0.3 is 19.3 Å². The molecule has 0 rings (SSSR count). The first-order valence-electron chi connectivity index (χ1n) is 7.63. The molecule has 22 heavy (non-hydrogen) atoms. The predicted octanol–water partition coefficient (Wildman–Crippen LogP) is 1.36. The second-order valence-electron chi connectivity index (χ2n) is 4.89. The van der Waals surface area contributed by atoms with Gasteiger partial charge in [0.25, 0.3) is 0 Å². The molecule has 128 valence electrons. The van der Waals surface area contributed by atoms with Crippen LogP contribution in [0, 0.1) is 0 Å². The Morgan fingerprint density at radius 1 is 0.955 bits per heavy atom. The molecule has 1 N–H and O–H groups in total. The first-order valence-corrected chi connectivity index (χ1v) is 7.63. The van der Waals surface area contributed by atoms with Crippen LogP contribution in [0.4, 0.5) is 0 Å². The minimum Gasteiger partial charge on any atom is -0.466 e. The topological polar surface area (TPSA) is 99.1 Å².